The molecule has 0 atom stereocenters. The van der Waals surface area contributed by atoms with Gasteiger partial charge in [0.05, 0.1) is 30.1 Å². The molecule has 4 rings (SSSR count). The van der Waals surface area contributed by atoms with E-state index in [4.69, 9.17) is 4.74 Å². The summed E-state index contributed by atoms with van der Waals surface area (Å²) in [5.74, 6) is 0.760. The Balaban J connectivity index is 2.04. The second kappa shape index (κ2) is 6.19. The van der Waals surface area contributed by atoms with Gasteiger partial charge in [0.2, 0.25) is 0 Å². The van der Waals surface area contributed by atoms with Crippen molar-refractivity contribution in [2.45, 2.75) is 13.8 Å². The molecule has 0 N–H and O–H groups in total. The molecule has 2 aromatic heterocycles. The first kappa shape index (κ1) is 16.1. The summed E-state index contributed by atoms with van der Waals surface area (Å²) in [5, 5.41) is 5.91. The van der Waals surface area contributed by atoms with Crippen LogP contribution in [0.5, 0.6) is 5.75 Å². The average molecular weight is 345 g/mol. The van der Waals surface area contributed by atoms with Gasteiger partial charge in [-0.15, -0.1) is 0 Å². The summed E-state index contributed by atoms with van der Waals surface area (Å²) in [6.07, 6.45) is 1.76. The lowest BCUT2D eigenvalue weighted by atomic mass is 10.2. The fraction of sp³-hybridized carbons (Fsp3) is 0.143. The van der Waals surface area contributed by atoms with Crippen molar-refractivity contribution in [1.82, 2.24) is 14.3 Å². The van der Waals surface area contributed by atoms with E-state index >= 15 is 0 Å². The molecular formula is C21H19N3O2. The number of para-hydroxylation sites is 3. The predicted octanol–water partition coefficient (Wildman–Crippen LogP) is 3.80. The zero-order chi connectivity index (χ0) is 18.3. The van der Waals surface area contributed by atoms with Crippen molar-refractivity contribution in [2.75, 3.05) is 7.11 Å². The molecule has 0 fully saturated rings. The Morgan fingerprint density at radius 3 is 2.35 bits per heavy atom. The van der Waals surface area contributed by atoms with Gasteiger partial charge in [-0.1, -0.05) is 30.3 Å². The van der Waals surface area contributed by atoms with Crippen LogP contribution in [0, 0.1) is 13.8 Å². The highest BCUT2D eigenvalue weighted by Gasteiger charge is 2.19. The summed E-state index contributed by atoms with van der Waals surface area (Å²) in [4.78, 5) is 13.2. The zero-order valence-electron chi connectivity index (χ0n) is 14.9. The number of fused-ring (bicyclic) bond motifs is 1. The minimum Gasteiger partial charge on any atom is -0.495 e. The van der Waals surface area contributed by atoms with Gasteiger partial charge in [0, 0.05) is 16.8 Å². The third-order valence-corrected chi connectivity index (χ3v) is 4.73. The monoisotopic (exact) mass is 345 g/mol. The number of ether oxygens (including phenoxy) is 1. The minimum absolute atomic E-state index is 0.122. The molecule has 2 heterocycles. The van der Waals surface area contributed by atoms with E-state index in [1.54, 1.807) is 13.3 Å². The van der Waals surface area contributed by atoms with Crippen LogP contribution in [-0.4, -0.2) is 21.5 Å². The second-order valence-corrected chi connectivity index (χ2v) is 6.16. The predicted molar refractivity (Wildman–Crippen MR) is 103 cm³/mol. The lowest BCUT2D eigenvalue weighted by molar-refractivity contribution is 0.412. The standard InChI is InChI=1S/C21H19N3O2/c1-14-17-13-22-24(16-9-5-4-6-10-16)21(25)20(17)15(2)23(14)18-11-7-8-12-19(18)26-3/h4-13H,1-3H3. The molecule has 0 radical (unpaired) electrons. The Labute approximate surface area is 151 Å². The number of rotatable bonds is 3. The number of hydrogen-bond acceptors (Lipinski definition) is 3. The molecule has 0 saturated heterocycles. The normalized spacial score (nSPS) is 11.0. The number of nitrogens with zero attached hydrogens (tertiary/aromatic N) is 3. The van der Waals surface area contributed by atoms with E-state index < -0.39 is 0 Å². The first-order valence-corrected chi connectivity index (χ1v) is 8.42. The van der Waals surface area contributed by atoms with Crippen LogP contribution in [-0.2, 0) is 0 Å². The third kappa shape index (κ3) is 2.32. The highest BCUT2D eigenvalue weighted by atomic mass is 16.5. The molecule has 0 unspecified atom stereocenters. The van der Waals surface area contributed by atoms with E-state index in [2.05, 4.69) is 9.67 Å². The van der Waals surface area contributed by atoms with E-state index in [1.807, 2.05) is 68.4 Å². The Morgan fingerprint density at radius 2 is 1.62 bits per heavy atom. The van der Waals surface area contributed by atoms with Gasteiger partial charge >= 0.3 is 0 Å². The van der Waals surface area contributed by atoms with Crippen LogP contribution >= 0.6 is 0 Å². The maximum absolute atomic E-state index is 13.2. The summed E-state index contributed by atoms with van der Waals surface area (Å²) in [5.41, 5.74) is 3.38. The molecule has 5 nitrogen and oxygen atoms in total. The van der Waals surface area contributed by atoms with E-state index in [0.717, 1.165) is 33.9 Å². The molecule has 130 valence electrons. The van der Waals surface area contributed by atoms with Crippen molar-refractivity contribution in [2.24, 2.45) is 0 Å². The van der Waals surface area contributed by atoms with E-state index in [0.29, 0.717) is 5.39 Å². The van der Waals surface area contributed by atoms with Crippen molar-refractivity contribution in [3.05, 3.63) is 82.5 Å². The number of aryl methyl sites for hydroxylation is 2. The van der Waals surface area contributed by atoms with Crippen LogP contribution in [0.1, 0.15) is 11.4 Å². The summed E-state index contributed by atoms with van der Waals surface area (Å²) < 4.78 is 9.01. The van der Waals surface area contributed by atoms with Crippen LogP contribution in [0.25, 0.3) is 22.1 Å². The van der Waals surface area contributed by atoms with E-state index in [-0.39, 0.29) is 5.56 Å². The fourth-order valence-corrected chi connectivity index (χ4v) is 3.49. The van der Waals surface area contributed by atoms with Crippen LogP contribution in [0.3, 0.4) is 0 Å². The molecule has 0 spiro atoms. The van der Waals surface area contributed by atoms with Crippen LogP contribution in [0.4, 0.5) is 0 Å². The van der Waals surface area contributed by atoms with Crippen molar-refractivity contribution < 1.29 is 4.74 Å². The summed E-state index contributed by atoms with van der Waals surface area (Å²) in [7, 11) is 1.65. The van der Waals surface area contributed by atoms with Gasteiger partial charge in [0.25, 0.3) is 5.56 Å². The molecule has 0 amide bonds. The molecular weight excluding hydrogens is 326 g/mol. The molecule has 0 saturated carbocycles. The van der Waals surface area contributed by atoms with Crippen LogP contribution in [0.2, 0.25) is 0 Å². The highest BCUT2D eigenvalue weighted by molar-refractivity contribution is 5.88. The van der Waals surface area contributed by atoms with Gasteiger partial charge < -0.3 is 9.30 Å². The summed E-state index contributed by atoms with van der Waals surface area (Å²) in [6.45, 7) is 3.95. The number of hydrogen-bond donors (Lipinski definition) is 0. The molecule has 4 aromatic rings. The lowest BCUT2D eigenvalue weighted by Crippen LogP contribution is -2.21. The van der Waals surface area contributed by atoms with Gasteiger partial charge in [0.1, 0.15) is 5.75 Å². The maximum atomic E-state index is 13.2. The number of aromatic nitrogens is 3. The molecule has 0 bridgehead atoms. The molecule has 0 aliphatic rings. The summed E-state index contributed by atoms with van der Waals surface area (Å²) in [6, 6.07) is 17.2. The van der Waals surface area contributed by atoms with Crippen molar-refractivity contribution in [1.29, 1.82) is 0 Å². The topological polar surface area (TPSA) is 49.0 Å². The Bertz CT molecular complexity index is 1160. The van der Waals surface area contributed by atoms with Gasteiger partial charge in [-0.2, -0.15) is 9.78 Å². The molecule has 0 aliphatic heterocycles. The highest BCUT2D eigenvalue weighted by Crippen LogP contribution is 2.30. The summed E-state index contributed by atoms with van der Waals surface area (Å²) >= 11 is 0. The first-order valence-electron chi connectivity index (χ1n) is 8.42. The van der Waals surface area contributed by atoms with Gasteiger partial charge in [-0.3, -0.25) is 4.79 Å². The van der Waals surface area contributed by atoms with Crippen molar-refractivity contribution >= 4 is 10.8 Å². The van der Waals surface area contributed by atoms with Crippen LogP contribution in [0.15, 0.2) is 65.6 Å². The minimum atomic E-state index is -0.122. The molecule has 26 heavy (non-hydrogen) atoms. The molecule has 0 aliphatic carbocycles. The van der Waals surface area contributed by atoms with E-state index in [1.165, 1.54) is 4.68 Å². The van der Waals surface area contributed by atoms with E-state index in [9.17, 15) is 4.79 Å². The quantitative estimate of drug-likeness (QED) is 0.567. The smallest absolute Gasteiger partial charge is 0.281 e. The van der Waals surface area contributed by atoms with Gasteiger partial charge in [0.15, 0.2) is 0 Å². The number of benzene rings is 2. The fourth-order valence-electron chi connectivity index (χ4n) is 3.49. The van der Waals surface area contributed by atoms with Gasteiger partial charge in [-0.05, 0) is 38.1 Å². The largest absolute Gasteiger partial charge is 0.495 e. The maximum Gasteiger partial charge on any atom is 0.281 e. The third-order valence-electron chi connectivity index (χ3n) is 4.73. The van der Waals surface area contributed by atoms with Gasteiger partial charge in [-0.25, -0.2) is 0 Å². The molecule has 5 heteroatoms. The Kier molecular flexibility index (Phi) is 3.84. The van der Waals surface area contributed by atoms with Crippen molar-refractivity contribution in [3.63, 3.8) is 0 Å². The zero-order valence-corrected chi connectivity index (χ0v) is 14.9. The second-order valence-electron chi connectivity index (χ2n) is 6.16. The lowest BCUT2D eigenvalue weighted by Gasteiger charge is -2.13. The Morgan fingerprint density at radius 1 is 0.923 bits per heavy atom. The molecule has 2 aromatic carbocycles. The Hall–Kier alpha value is -3.34. The van der Waals surface area contributed by atoms with Crippen LogP contribution < -0.4 is 10.3 Å². The SMILES string of the molecule is COc1ccccc1-n1c(C)c2cnn(-c3ccccc3)c(=O)c2c1C. The number of methoxy groups -OCH3 is 1. The average Bonchev–Trinajstić information content (AvgIpc) is 2.93. The van der Waals surface area contributed by atoms with Crippen molar-refractivity contribution in [3.8, 4) is 17.1 Å². The first-order chi connectivity index (χ1) is 12.6.